The van der Waals surface area contributed by atoms with Crippen LogP contribution in [-0.2, 0) is 6.54 Å². The molecular weight excluding hydrogens is 423 g/mol. The lowest BCUT2D eigenvalue weighted by Crippen LogP contribution is -2.32. The van der Waals surface area contributed by atoms with Crippen LogP contribution in [0.4, 0.5) is 9.52 Å². The Labute approximate surface area is 190 Å². The van der Waals surface area contributed by atoms with E-state index in [0.717, 1.165) is 35.8 Å². The molecule has 0 spiro atoms. The van der Waals surface area contributed by atoms with Crippen molar-refractivity contribution in [3.63, 3.8) is 0 Å². The van der Waals surface area contributed by atoms with E-state index >= 15 is 0 Å². The molecular formula is C25H25FN4OS. The Morgan fingerprint density at radius 1 is 1.12 bits per heavy atom. The maximum atomic E-state index is 13.8. The van der Waals surface area contributed by atoms with Crippen LogP contribution in [0.1, 0.15) is 41.4 Å². The summed E-state index contributed by atoms with van der Waals surface area (Å²) >= 11 is 1.46. The lowest BCUT2D eigenvalue weighted by atomic mass is 9.99. The molecule has 0 bridgehead atoms. The van der Waals surface area contributed by atoms with Gasteiger partial charge in [-0.1, -0.05) is 24.3 Å². The van der Waals surface area contributed by atoms with Gasteiger partial charge in [0.15, 0.2) is 5.13 Å². The first-order valence-electron chi connectivity index (χ1n) is 10.9. The van der Waals surface area contributed by atoms with Crippen LogP contribution in [-0.4, -0.2) is 33.9 Å². The summed E-state index contributed by atoms with van der Waals surface area (Å²) in [7, 11) is 0. The normalized spacial score (nSPS) is 15.5. The Balaban J connectivity index is 1.37. The maximum absolute atomic E-state index is 13.8. The summed E-state index contributed by atoms with van der Waals surface area (Å²) in [5.74, 6) is 0.111. The average molecular weight is 449 g/mol. The first-order chi connectivity index (χ1) is 15.4. The van der Waals surface area contributed by atoms with Crippen molar-refractivity contribution < 1.29 is 9.18 Å². The van der Waals surface area contributed by atoms with Crippen LogP contribution >= 0.6 is 11.3 Å². The van der Waals surface area contributed by atoms with Gasteiger partial charge in [0.25, 0.3) is 5.91 Å². The molecule has 1 fully saturated rings. The fourth-order valence-corrected chi connectivity index (χ4v) is 5.21. The number of aryl methyl sites for hydroxylation is 1. The second-order valence-corrected chi connectivity index (χ2v) is 9.74. The van der Waals surface area contributed by atoms with E-state index in [9.17, 15) is 9.18 Å². The number of carbonyl (C=O) groups excluding carboxylic acids is 1. The van der Waals surface area contributed by atoms with Gasteiger partial charge in [-0.2, -0.15) is 0 Å². The standard InChI is InChI=1S/C25H25FN4OS/c1-15-7-9-30(10-8-15)14-17-3-5-22-23(12-17)32-25(28-22)29-24(31)20-11-16(2)27-21-6-4-18(26)13-19(20)21/h3-6,11-13,15H,7-10,14H2,1-2H3,(H,28,29,31). The van der Waals surface area contributed by atoms with Crippen LogP contribution in [0.5, 0.6) is 0 Å². The van der Waals surface area contributed by atoms with Gasteiger partial charge < -0.3 is 0 Å². The van der Waals surface area contributed by atoms with Gasteiger partial charge in [-0.3, -0.25) is 20.0 Å². The summed E-state index contributed by atoms with van der Waals surface area (Å²) in [6.45, 7) is 7.37. The molecule has 1 N–H and O–H groups in total. The molecule has 1 saturated heterocycles. The fourth-order valence-electron chi connectivity index (χ4n) is 4.28. The van der Waals surface area contributed by atoms with E-state index in [4.69, 9.17) is 0 Å². The van der Waals surface area contributed by atoms with Crippen molar-refractivity contribution in [1.29, 1.82) is 0 Å². The number of halogens is 1. The van der Waals surface area contributed by atoms with Crippen molar-refractivity contribution in [1.82, 2.24) is 14.9 Å². The Bertz CT molecular complexity index is 1310. The molecule has 0 radical (unpaired) electrons. The van der Waals surface area contributed by atoms with Crippen LogP contribution < -0.4 is 5.32 Å². The van der Waals surface area contributed by atoms with E-state index in [1.165, 1.54) is 41.9 Å². The van der Waals surface area contributed by atoms with Crippen molar-refractivity contribution in [3.8, 4) is 0 Å². The molecule has 1 amide bonds. The molecule has 2 aromatic carbocycles. The molecule has 3 heterocycles. The van der Waals surface area contributed by atoms with Gasteiger partial charge in [-0.05, 0) is 80.7 Å². The highest BCUT2D eigenvalue weighted by Crippen LogP contribution is 2.29. The molecule has 32 heavy (non-hydrogen) atoms. The molecule has 4 aromatic rings. The predicted octanol–water partition coefficient (Wildman–Crippen LogP) is 5.78. The highest BCUT2D eigenvalue weighted by Gasteiger charge is 2.17. The summed E-state index contributed by atoms with van der Waals surface area (Å²) in [5.41, 5.74) is 3.82. The molecule has 164 valence electrons. The third-order valence-electron chi connectivity index (χ3n) is 6.10. The molecule has 1 aliphatic heterocycles. The number of aromatic nitrogens is 2. The topological polar surface area (TPSA) is 58.1 Å². The molecule has 0 unspecified atom stereocenters. The molecule has 1 aliphatic rings. The van der Waals surface area contributed by atoms with E-state index in [1.807, 2.05) is 13.0 Å². The van der Waals surface area contributed by atoms with Crippen molar-refractivity contribution >= 4 is 43.5 Å². The van der Waals surface area contributed by atoms with Crippen molar-refractivity contribution in [2.24, 2.45) is 5.92 Å². The third-order valence-corrected chi connectivity index (χ3v) is 7.03. The average Bonchev–Trinajstić information content (AvgIpc) is 3.16. The maximum Gasteiger partial charge on any atom is 0.258 e. The summed E-state index contributed by atoms with van der Waals surface area (Å²) in [6, 6.07) is 12.3. The van der Waals surface area contributed by atoms with Gasteiger partial charge in [0, 0.05) is 17.6 Å². The fraction of sp³-hybridized carbons (Fsp3) is 0.320. The Morgan fingerprint density at radius 3 is 2.72 bits per heavy atom. The first-order valence-corrected chi connectivity index (χ1v) is 11.8. The van der Waals surface area contributed by atoms with Gasteiger partial charge in [-0.15, -0.1) is 0 Å². The van der Waals surface area contributed by atoms with E-state index in [2.05, 4.69) is 39.2 Å². The molecule has 0 aliphatic carbocycles. The van der Waals surface area contributed by atoms with Gasteiger partial charge in [0.2, 0.25) is 0 Å². The van der Waals surface area contributed by atoms with E-state index < -0.39 is 5.82 Å². The minimum Gasteiger partial charge on any atom is -0.299 e. The van der Waals surface area contributed by atoms with E-state index in [0.29, 0.717) is 27.3 Å². The number of rotatable bonds is 4. The number of nitrogens with zero attached hydrogens (tertiary/aromatic N) is 3. The molecule has 0 saturated carbocycles. The first kappa shape index (κ1) is 21.0. The summed E-state index contributed by atoms with van der Waals surface area (Å²) in [4.78, 5) is 24.5. The Hall–Kier alpha value is -2.90. The zero-order valence-electron chi connectivity index (χ0n) is 18.2. The second-order valence-electron chi connectivity index (χ2n) is 8.71. The number of carbonyl (C=O) groups is 1. The van der Waals surface area contributed by atoms with Crippen LogP contribution in [0, 0.1) is 18.7 Å². The number of likely N-dealkylation sites (tertiary alicyclic amines) is 1. The van der Waals surface area contributed by atoms with E-state index in [1.54, 1.807) is 12.1 Å². The number of thiazole rings is 1. The quantitative estimate of drug-likeness (QED) is 0.430. The van der Waals surface area contributed by atoms with Gasteiger partial charge >= 0.3 is 0 Å². The van der Waals surface area contributed by atoms with Crippen molar-refractivity contribution in [2.75, 3.05) is 18.4 Å². The van der Waals surface area contributed by atoms with Crippen molar-refractivity contribution in [3.05, 3.63) is 65.1 Å². The number of anilines is 1. The number of hydrogen-bond acceptors (Lipinski definition) is 5. The molecule has 7 heteroatoms. The number of amides is 1. The number of piperidine rings is 1. The minimum absolute atomic E-state index is 0.312. The monoisotopic (exact) mass is 448 g/mol. The summed E-state index contributed by atoms with van der Waals surface area (Å²) in [6.07, 6.45) is 2.51. The van der Waals surface area contributed by atoms with Crippen LogP contribution in [0.25, 0.3) is 21.1 Å². The van der Waals surface area contributed by atoms with Crippen LogP contribution in [0.15, 0.2) is 42.5 Å². The van der Waals surface area contributed by atoms with Crippen molar-refractivity contribution in [2.45, 2.75) is 33.2 Å². The Kier molecular flexibility index (Phi) is 5.61. The zero-order valence-corrected chi connectivity index (χ0v) is 19.0. The van der Waals surface area contributed by atoms with Gasteiger partial charge in [-0.25, -0.2) is 9.37 Å². The molecule has 0 atom stereocenters. The third kappa shape index (κ3) is 4.36. The lowest BCUT2D eigenvalue weighted by molar-refractivity contribution is 0.102. The number of benzene rings is 2. The highest BCUT2D eigenvalue weighted by atomic mass is 32.1. The van der Waals surface area contributed by atoms with Crippen LogP contribution in [0.3, 0.4) is 0 Å². The smallest absolute Gasteiger partial charge is 0.258 e. The second kappa shape index (κ2) is 8.56. The number of hydrogen-bond donors (Lipinski definition) is 1. The minimum atomic E-state index is -0.395. The predicted molar refractivity (Wildman–Crippen MR) is 128 cm³/mol. The lowest BCUT2D eigenvalue weighted by Gasteiger charge is -2.30. The zero-order chi connectivity index (χ0) is 22.2. The van der Waals surface area contributed by atoms with Gasteiger partial charge in [0.05, 0.1) is 21.3 Å². The highest BCUT2D eigenvalue weighted by molar-refractivity contribution is 7.22. The molecule has 5 nitrogen and oxygen atoms in total. The summed E-state index contributed by atoms with van der Waals surface area (Å²) < 4.78 is 14.8. The SMILES string of the molecule is Cc1cc(C(=O)Nc2nc3ccc(CN4CCC(C)CC4)cc3s2)c2cc(F)ccc2n1. The largest absolute Gasteiger partial charge is 0.299 e. The number of fused-ring (bicyclic) bond motifs is 2. The molecule has 5 rings (SSSR count). The van der Waals surface area contributed by atoms with Gasteiger partial charge in [0.1, 0.15) is 5.82 Å². The Morgan fingerprint density at radius 2 is 1.91 bits per heavy atom. The summed E-state index contributed by atoms with van der Waals surface area (Å²) in [5, 5.41) is 3.93. The van der Waals surface area contributed by atoms with Crippen LogP contribution in [0.2, 0.25) is 0 Å². The number of pyridine rings is 1. The van der Waals surface area contributed by atoms with E-state index in [-0.39, 0.29) is 5.91 Å². The number of nitrogens with one attached hydrogen (secondary N) is 1. The molecule has 2 aromatic heterocycles.